The molecule has 0 saturated carbocycles. The molecule has 4 heteroatoms. The minimum absolute atomic E-state index is 0.268. The Bertz CT molecular complexity index is 667. The number of anilines is 2. The predicted octanol–water partition coefficient (Wildman–Crippen LogP) is 3.07. The lowest BCUT2D eigenvalue weighted by Gasteiger charge is -2.22. The van der Waals surface area contributed by atoms with E-state index in [1.165, 1.54) is 23.2 Å². The first-order chi connectivity index (χ1) is 9.25. The highest BCUT2D eigenvalue weighted by Crippen LogP contribution is 2.30. The van der Waals surface area contributed by atoms with Gasteiger partial charge in [0.05, 0.1) is 24.1 Å². The van der Waals surface area contributed by atoms with E-state index in [4.69, 9.17) is 0 Å². The Morgan fingerprint density at radius 3 is 2.79 bits per heavy atom. The Balaban J connectivity index is 2.18. The Hall–Kier alpha value is -2.49. The van der Waals surface area contributed by atoms with Crippen LogP contribution < -0.4 is 4.90 Å². The van der Waals surface area contributed by atoms with Crippen LogP contribution in [0.15, 0.2) is 53.5 Å². The van der Waals surface area contributed by atoms with E-state index in [2.05, 4.69) is 4.99 Å². The molecule has 1 aliphatic rings. The molecule has 0 atom stereocenters. The molecule has 3 rings (SSSR count). The fraction of sp³-hybridized carbons (Fsp3) is 0.0667. The molecular formula is C15H11FN2O. The lowest BCUT2D eigenvalue weighted by molar-refractivity contribution is -0.111. The third-order valence-corrected chi connectivity index (χ3v) is 2.98. The molecule has 2 aromatic rings. The molecule has 94 valence electrons. The van der Waals surface area contributed by atoms with Crippen LogP contribution in [-0.2, 0) is 11.3 Å². The summed E-state index contributed by atoms with van der Waals surface area (Å²) in [6.45, 7) is 0.452. The van der Waals surface area contributed by atoms with Crippen molar-refractivity contribution in [1.29, 1.82) is 0 Å². The van der Waals surface area contributed by atoms with Crippen LogP contribution in [0.5, 0.6) is 0 Å². The molecule has 0 fully saturated rings. The van der Waals surface area contributed by atoms with E-state index in [-0.39, 0.29) is 11.7 Å². The SMILES string of the molecule is O=C1C=NCc2ccccc2N1c1cccc(F)c1. The number of hydrogen-bond donors (Lipinski definition) is 0. The van der Waals surface area contributed by atoms with Crippen LogP contribution in [0.25, 0.3) is 0 Å². The Kier molecular flexibility index (Phi) is 2.83. The molecule has 1 heterocycles. The summed E-state index contributed by atoms with van der Waals surface area (Å²) in [4.78, 5) is 17.7. The largest absolute Gasteiger partial charge is 0.283 e. The molecule has 0 radical (unpaired) electrons. The van der Waals surface area contributed by atoms with E-state index < -0.39 is 0 Å². The minimum atomic E-state index is -0.371. The summed E-state index contributed by atoms with van der Waals surface area (Å²) in [6.07, 6.45) is 1.28. The van der Waals surface area contributed by atoms with Gasteiger partial charge in [0.1, 0.15) is 5.82 Å². The monoisotopic (exact) mass is 254 g/mol. The van der Waals surface area contributed by atoms with Crippen molar-refractivity contribution in [1.82, 2.24) is 0 Å². The third-order valence-electron chi connectivity index (χ3n) is 2.98. The standard InChI is InChI=1S/C15H11FN2O/c16-12-5-3-6-13(8-12)18-14-7-2-1-4-11(14)9-17-10-15(18)19/h1-8,10H,9H2. The van der Waals surface area contributed by atoms with Gasteiger partial charge in [-0.3, -0.25) is 14.7 Å². The number of halogens is 1. The van der Waals surface area contributed by atoms with E-state index >= 15 is 0 Å². The zero-order valence-electron chi connectivity index (χ0n) is 10.1. The Labute approximate surface area is 110 Å². The summed E-state index contributed by atoms with van der Waals surface area (Å²) >= 11 is 0. The molecule has 0 spiro atoms. The zero-order chi connectivity index (χ0) is 13.2. The van der Waals surface area contributed by atoms with Crippen molar-refractivity contribution in [3.63, 3.8) is 0 Å². The molecule has 0 bridgehead atoms. The fourth-order valence-corrected chi connectivity index (χ4v) is 2.14. The van der Waals surface area contributed by atoms with E-state index in [1.54, 1.807) is 12.1 Å². The van der Waals surface area contributed by atoms with Crippen molar-refractivity contribution in [3.8, 4) is 0 Å². The maximum atomic E-state index is 13.4. The molecule has 1 amide bonds. The summed E-state index contributed by atoms with van der Waals surface area (Å²) in [6, 6.07) is 13.5. The molecule has 2 aromatic carbocycles. The number of carbonyl (C=O) groups excluding carboxylic acids is 1. The molecule has 19 heavy (non-hydrogen) atoms. The second-order valence-corrected chi connectivity index (χ2v) is 4.25. The number of hydrogen-bond acceptors (Lipinski definition) is 2. The number of aliphatic imine (C=N–C) groups is 1. The summed E-state index contributed by atoms with van der Waals surface area (Å²) in [7, 11) is 0. The third kappa shape index (κ3) is 2.12. The highest BCUT2D eigenvalue weighted by atomic mass is 19.1. The number of nitrogens with zero attached hydrogens (tertiary/aromatic N) is 2. The normalized spacial score (nSPS) is 14.2. The summed E-state index contributed by atoms with van der Waals surface area (Å²) < 4.78 is 13.4. The first-order valence-corrected chi connectivity index (χ1v) is 5.93. The van der Waals surface area contributed by atoms with Gasteiger partial charge in [0.25, 0.3) is 5.91 Å². The molecule has 3 nitrogen and oxygen atoms in total. The van der Waals surface area contributed by atoms with Crippen LogP contribution in [0.3, 0.4) is 0 Å². The first-order valence-electron chi connectivity index (χ1n) is 5.93. The van der Waals surface area contributed by atoms with Gasteiger partial charge in [0.2, 0.25) is 0 Å². The van der Waals surface area contributed by atoms with E-state index in [1.807, 2.05) is 24.3 Å². The molecule has 0 unspecified atom stereocenters. The van der Waals surface area contributed by atoms with Crippen LogP contribution in [0.4, 0.5) is 15.8 Å². The van der Waals surface area contributed by atoms with Gasteiger partial charge in [-0.1, -0.05) is 24.3 Å². The van der Waals surface area contributed by atoms with Gasteiger partial charge in [0.15, 0.2) is 0 Å². The van der Waals surface area contributed by atoms with Gasteiger partial charge < -0.3 is 0 Å². The number of fused-ring (bicyclic) bond motifs is 1. The number of carbonyl (C=O) groups is 1. The highest BCUT2D eigenvalue weighted by molar-refractivity contribution is 6.35. The fourth-order valence-electron chi connectivity index (χ4n) is 2.14. The topological polar surface area (TPSA) is 32.7 Å². The maximum Gasteiger partial charge on any atom is 0.273 e. The van der Waals surface area contributed by atoms with Crippen LogP contribution in [0, 0.1) is 5.82 Å². The minimum Gasteiger partial charge on any atom is -0.283 e. The molecule has 1 aliphatic heterocycles. The van der Waals surface area contributed by atoms with Gasteiger partial charge in [-0.25, -0.2) is 4.39 Å². The summed E-state index contributed by atoms with van der Waals surface area (Å²) in [5.74, 6) is -0.639. The van der Waals surface area contributed by atoms with E-state index in [9.17, 15) is 9.18 Å². The van der Waals surface area contributed by atoms with Gasteiger partial charge >= 0.3 is 0 Å². The predicted molar refractivity (Wildman–Crippen MR) is 72.2 cm³/mol. The molecule has 0 aromatic heterocycles. The van der Waals surface area contributed by atoms with Crippen molar-refractivity contribution in [2.75, 3.05) is 4.90 Å². The number of para-hydroxylation sites is 1. The van der Waals surface area contributed by atoms with Gasteiger partial charge in [-0.2, -0.15) is 0 Å². The lowest BCUT2D eigenvalue weighted by Crippen LogP contribution is -2.26. The maximum absolute atomic E-state index is 13.4. The quantitative estimate of drug-likeness (QED) is 0.769. The van der Waals surface area contributed by atoms with E-state index in [0.29, 0.717) is 12.2 Å². The Morgan fingerprint density at radius 2 is 1.95 bits per heavy atom. The average molecular weight is 254 g/mol. The van der Waals surface area contributed by atoms with Crippen LogP contribution >= 0.6 is 0 Å². The second kappa shape index (κ2) is 4.65. The van der Waals surface area contributed by atoms with Crippen molar-refractivity contribution < 1.29 is 9.18 Å². The van der Waals surface area contributed by atoms with Crippen molar-refractivity contribution in [2.24, 2.45) is 4.99 Å². The average Bonchev–Trinajstić information content (AvgIpc) is 2.57. The Morgan fingerprint density at radius 1 is 1.11 bits per heavy atom. The summed E-state index contributed by atoms with van der Waals surface area (Å²) in [5.41, 5.74) is 2.19. The molecule has 0 N–H and O–H groups in total. The molecular weight excluding hydrogens is 243 g/mol. The van der Waals surface area contributed by atoms with Gasteiger partial charge in [0, 0.05) is 0 Å². The molecule has 0 saturated heterocycles. The van der Waals surface area contributed by atoms with Crippen molar-refractivity contribution in [2.45, 2.75) is 6.54 Å². The van der Waals surface area contributed by atoms with E-state index in [0.717, 1.165) is 11.3 Å². The smallest absolute Gasteiger partial charge is 0.273 e. The highest BCUT2D eigenvalue weighted by Gasteiger charge is 2.21. The van der Waals surface area contributed by atoms with Crippen molar-refractivity contribution in [3.05, 3.63) is 59.9 Å². The van der Waals surface area contributed by atoms with Gasteiger partial charge in [-0.05, 0) is 29.8 Å². The summed E-state index contributed by atoms with van der Waals surface area (Å²) in [5, 5.41) is 0. The van der Waals surface area contributed by atoms with Crippen LogP contribution in [0.2, 0.25) is 0 Å². The first kappa shape index (κ1) is 11.6. The second-order valence-electron chi connectivity index (χ2n) is 4.25. The lowest BCUT2D eigenvalue weighted by atomic mass is 10.1. The number of rotatable bonds is 1. The number of amides is 1. The zero-order valence-corrected chi connectivity index (χ0v) is 10.1. The number of benzene rings is 2. The van der Waals surface area contributed by atoms with Crippen LogP contribution in [0.1, 0.15) is 5.56 Å². The van der Waals surface area contributed by atoms with Gasteiger partial charge in [-0.15, -0.1) is 0 Å². The van der Waals surface area contributed by atoms with Crippen LogP contribution in [-0.4, -0.2) is 12.1 Å². The van der Waals surface area contributed by atoms with Crippen molar-refractivity contribution >= 4 is 23.5 Å². The molecule has 0 aliphatic carbocycles.